The summed E-state index contributed by atoms with van der Waals surface area (Å²) in [6.45, 7) is 5.66. The van der Waals surface area contributed by atoms with Crippen LogP contribution in [0.4, 0.5) is 0 Å². The zero-order chi connectivity index (χ0) is 11.8. The number of likely N-dealkylation sites (N-methyl/N-ethyl adjacent to an activating group) is 2. The maximum atomic E-state index is 3.18. The van der Waals surface area contributed by atoms with Crippen molar-refractivity contribution in [3.05, 3.63) is 35.9 Å². The van der Waals surface area contributed by atoms with E-state index < -0.39 is 0 Å². The predicted octanol–water partition coefficient (Wildman–Crippen LogP) is 2.33. The average Bonchev–Trinajstić information content (AvgIpc) is 2.34. The molecule has 0 aliphatic rings. The van der Waals surface area contributed by atoms with E-state index in [2.05, 4.69) is 54.5 Å². The van der Waals surface area contributed by atoms with Crippen molar-refractivity contribution in [1.82, 2.24) is 10.2 Å². The summed E-state index contributed by atoms with van der Waals surface area (Å²) in [6.07, 6.45) is 1.23. The Hall–Kier alpha value is -0.860. The second-order valence-electron chi connectivity index (χ2n) is 4.51. The minimum atomic E-state index is 0.651. The number of benzene rings is 1. The molecule has 1 rings (SSSR count). The van der Waals surface area contributed by atoms with Gasteiger partial charge in [-0.3, -0.25) is 0 Å². The highest BCUT2D eigenvalue weighted by atomic mass is 15.1. The molecule has 0 aromatic heterocycles. The Kier molecular flexibility index (Phi) is 6.12. The first-order valence-electron chi connectivity index (χ1n) is 6.12. The summed E-state index contributed by atoms with van der Waals surface area (Å²) in [5, 5.41) is 3.18. The van der Waals surface area contributed by atoms with Crippen molar-refractivity contribution in [2.24, 2.45) is 0 Å². The van der Waals surface area contributed by atoms with E-state index in [4.69, 9.17) is 0 Å². The molecule has 0 fully saturated rings. The third-order valence-corrected chi connectivity index (χ3v) is 3.06. The Morgan fingerprint density at radius 3 is 2.50 bits per heavy atom. The first-order valence-corrected chi connectivity index (χ1v) is 6.12. The normalized spacial score (nSPS) is 13.0. The van der Waals surface area contributed by atoms with Crippen molar-refractivity contribution < 1.29 is 0 Å². The number of nitrogens with zero attached hydrogens (tertiary/aromatic N) is 1. The quantitative estimate of drug-likeness (QED) is 0.758. The second kappa shape index (κ2) is 7.42. The Bertz CT molecular complexity index is 271. The molecule has 0 radical (unpaired) electrons. The Morgan fingerprint density at radius 1 is 1.19 bits per heavy atom. The second-order valence-corrected chi connectivity index (χ2v) is 4.51. The van der Waals surface area contributed by atoms with E-state index in [1.54, 1.807) is 0 Å². The van der Waals surface area contributed by atoms with Crippen LogP contribution in [0.15, 0.2) is 30.3 Å². The smallest absolute Gasteiger partial charge is 0.0104 e. The van der Waals surface area contributed by atoms with Crippen LogP contribution in [0.1, 0.15) is 24.8 Å². The molecule has 1 aromatic carbocycles. The van der Waals surface area contributed by atoms with E-state index in [1.807, 2.05) is 7.05 Å². The summed E-state index contributed by atoms with van der Waals surface area (Å²) in [4.78, 5) is 2.38. The van der Waals surface area contributed by atoms with Gasteiger partial charge in [0.1, 0.15) is 0 Å². The van der Waals surface area contributed by atoms with Crippen LogP contribution in [-0.4, -0.2) is 38.6 Å². The predicted molar refractivity (Wildman–Crippen MR) is 70.9 cm³/mol. The van der Waals surface area contributed by atoms with E-state index in [1.165, 1.54) is 12.0 Å². The van der Waals surface area contributed by atoms with Crippen molar-refractivity contribution in [3.8, 4) is 0 Å². The zero-order valence-corrected chi connectivity index (χ0v) is 10.7. The van der Waals surface area contributed by atoms with Gasteiger partial charge in [0.15, 0.2) is 0 Å². The molecule has 0 bridgehead atoms. The van der Waals surface area contributed by atoms with Gasteiger partial charge < -0.3 is 10.2 Å². The van der Waals surface area contributed by atoms with Crippen molar-refractivity contribution in [1.29, 1.82) is 0 Å². The van der Waals surface area contributed by atoms with E-state index in [0.717, 1.165) is 19.6 Å². The first-order chi connectivity index (χ1) is 7.74. The molecule has 1 N–H and O–H groups in total. The lowest BCUT2D eigenvalue weighted by molar-refractivity contribution is 0.322. The molecule has 0 amide bonds. The van der Waals surface area contributed by atoms with Gasteiger partial charge in [-0.05, 0) is 38.5 Å². The SMILES string of the molecule is CNCCN(C)CCC(C)c1ccccc1. The van der Waals surface area contributed by atoms with Crippen LogP contribution in [0, 0.1) is 0 Å². The van der Waals surface area contributed by atoms with Gasteiger partial charge in [0, 0.05) is 13.1 Å². The van der Waals surface area contributed by atoms with Gasteiger partial charge in [-0.1, -0.05) is 37.3 Å². The zero-order valence-electron chi connectivity index (χ0n) is 10.7. The molecule has 1 aromatic rings. The fourth-order valence-corrected chi connectivity index (χ4v) is 1.78. The third-order valence-electron chi connectivity index (χ3n) is 3.06. The van der Waals surface area contributed by atoms with Crippen LogP contribution in [0.2, 0.25) is 0 Å². The van der Waals surface area contributed by atoms with Gasteiger partial charge in [-0.2, -0.15) is 0 Å². The molecule has 2 heteroatoms. The molecule has 90 valence electrons. The monoisotopic (exact) mass is 220 g/mol. The summed E-state index contributed by atoms with van der Waals surface area (Å²) < 4.78 is 0. The average molecular weight is 220 g/mol. The van der Waals surface area contributed by atoms with E-state index in [9.17, 15) is 0 Å². The van der Waals surface area contributed by atoms with Crippen LogP contribution in [-0.2, 0) is 0 Å². The summed E-state index contributed by atoms with van der Waals surface area (Å²) in [6, 6.07) is 10.8. The highest BCUT2D eigenvalue weighted by Crippen LogP contribution is 2.18. The van der Waals surface area contributed by atoms with E-state index >= 15 is 0 Å². The molecule has 0 aliphatic heterocycles. The van der Waals surface area contributed by atoms with Gasteiger partial charge in [-0.25, -0.2) is 0 Å². The Morgan fingerprint density at radius 2 is 1.88 bits per heavy atom. The standard InChI is InChI=1S/C14H24N2/c1-13(14-7-5-4-6-8-14)9-11-16(3)12-10-15-2/h4-8,13,15H,9-12H2,1-3H3. The lowest BCUT2D eigenvalue weighted by atomic mass is 9.98. The fraction of sp³-hybridized carbons (Fsp3) is 0.571. The molecule has 0 aliphatic carbocycles. The maximum absolute atomic E-state index is 3.18. The topological polar surface area (TPSA) is 15.3 Å². The summed E-state index contributed by atoms with van der Waals surface area (Å²) >= 11 is 0. The van der Waals surface area contributed by atoms with Crippen LogP contribution < -0.4 is 5.32 Å². The number of hydrogen-bond acceptors (Lipinski definition) is 2. The fourth-order valence-electron chi connectivity index (χ4n) is 1.78. The highest BCUT2D eigenvalue weighted by molar-refractivity contribution is 5.18. The molecule has 0 saturated carbocycles. The van der Waals surface area contributed by atoms with Crippen LogP contribution in [0.3, 0.4) is 0 Å². The minimum Gasteiger partial charge on any atom is -0.318 e. The summed E-state index contributed by atoms with van der Waals surface area (Å²) in [5.74, 6) is 0.651. The number of nitrogens with one attached hydrogen (secondary N) is 1. The summed E-state index contributed by atoms with van der Waals surface area (Å²) in [7, 11) is 4.19. The molecule has 1 unspecified atom stereocenters. The minimum absolute atomic E-state index is 0.651. The highest BCUT2D eigenvalue weighted by Gasteiger charge is 2.06. The molecule has 2 nitrogen and oxygen atoms in total. The van der Waals surface area contributed by atoms with E-state index in [0.29, 0.717) is 5.92 Å². The molecular weight excluding hydrogens is 196 g/mol. The number of rotatable bonds is 7. The van der Waals surface area contributed by atoms with Gasteiger partial charge in [-0.15, -0.1) is 0 Å². The van der Waals surface area contributed by atoms with Gasteiger partial charge in [0.2, 0.25) is 0 Å². The molecule has 0 spiro atoms. The lowest BCUT2D eigenvalue weighted by Crippen LogP contribution is -2.28. The Balaban J connectivity index is 2.27. The summed E-state index contributed by atoms with van der Waals surface area (Å²) in [5.41, 5.74) is 1.45. The largest absolute Gasteiger partial charge is 0.318 e. The molecule has 16 heavy (non-hydrogen) atoms. The van der Waals surface area contributed by atoms with E-state index in [-0.39, 0.29) is 0 Å². The van der Waals surface area contributed by atoms with Gasteiger partial charge >= 0.3 is 0 Å². The molecular formula is C14H24N2. The maximum Gasteiger partial charge on any atom is 0.0104 e. The van der Waals surface area contributed by atoms with Crippen molar-refractivity contribution in [2.45, 2.75) is 19.3 Å². The Labute approximate surface area is 99.7 Å². The van der Waals surface area contributed by atoms with Crippen molar-refractivity contribution >= 4 is 0 Å². The van der Waals surface area contributed by atoms with Gasteiger partial charge in [0.05, 0.1) is 0 Å². The van der Waals surface area contributed by atoms with Gasteiger partial charge in [0.25, 0.3) is 0 Å². The van der Waals surface area contributed by atoms with Crippen molar-refractivity contribution in [3.63, 3.8) is 0 Å². The third kappa shape index (κ3) is 4.77. The van der Waals surface area contributed by atoms with Crippen LogP contribution >= 0.6 is 0 Å². The lowest BCUT2D eigenvalue weighted by Gasteiger charge is -2.19. The van der Waals surface area contributed by atoms with Crippen molar-refractivity contribution in [2.75, 3.05) is 33.7 Å². The first kappa shape index (κ1) is 13.2. The number of hydrogen-bond donors (Lipinski definition) is 1. The molecule has 1 atom stereocenters. The molecule has 0 heterocycles. The van der Waals surface area contributed by atoms with Crippen LogP contribution in [0.5, 0.6) is 0 Å². The van der Waals surface area contributed by atoms with Crippen LogP contribution in [0.25, 0.3) is 0 Å². The molecule has 0 saturated heterocycles.